The number of benzene rings is 1. The lowest BCUT2D eigenvalue weighted by atomic mass is 10.2. The van der Waals surface area contributed by atoms with Gasteiger partial charge in [-0.05, 0) is 38.1 Å². The maximum absolute atomic E-state index is 12.6. The van der Waals surface area contributed by atoms with Crippen molar-refractivity contribution in [3.63, 3.8) is 0 Å². The fourth-order valence-corrected chi connectivity index (χ4v) is 1.81. The van der Waals surface area contributed by atoms with E-state index in [1.165, 1.54) is 12.1 Å². The molecule has 1 aromatic carbocycles. The van der Waals surface area contributed by atoms with Crippen LogP contribution in [0.4, 0.5) is 24.8 Å². The van der Waals surface area contributed by atoms with E-state index in [0.29, 0.717) is 0 Å². The van der Waals surface area contributed by atoms with Crippen molar-refractivity contribution in [2.45, 2.75) is 20.0 Å². The van der Waals surface area contributed by atoms with Gasteiger partial charge in [0.05, 0.1) is 5.56 Å². The van der Waals surface area contributed by atoms with Crippen LogP contribution in [0.25, 0.3) is 0 Å². The molecule has 116 valence electrons. The van der Waals surface area contributed by atoms with E-state index in [1.807, 2.05) is 0 Å². The molecule has 3 N–H and O–H groups in total. The molecular weight excluding hydrogens is 295 g/mol. The third-order valence-electron chi connectivity index (χ3n) is 2.65. The highest BCUT2D eigenvalue weighted by Gasteiger charge is 2.30. The Hall–Kier alpha value is -2.64. The maximum atomic E-state index is 12.6. The van der Waals surface area contributed by atoms with Crippen molar-refractivity contribution in [3.05, 3.63) is 47.3 Å². The first-order valence-electron chi connectivity index (χ1n) is 6.35. The Morgan fingerprint density at radius 1 is 1.14 bits per heavy atom. The first kappa shape index (κ1) is 15.7. The standard InChI is InChI=1S/C14H14F3N5/c1-8-6-9(2)20-13(19-8)22-12(18)21-11-5-3-4-10(7-11)14(15,16)17/h3-7H,1-2H3,(H3,18,19,20,21,22). The van der Waals surface area contributed by atoms with Gasteiger partial charge in [-0.25, -0.2) is 9.97 Å². The summed E-state index contributed by atoms with van der Waals surface area (Å²) in [6.07, 6.45) is -4.42. The van der Waals surface area contributed by atoms with E-state index in [-0.39, 0.29) is 17.6 Å². The molecule has 5 nitrogen and oxygen atoms in total. The molecule has 0 fully saturated rings. The van der Waals surface area contributed by atoms with Gasteiger partial charge in [-0.2, -0.15) is 18.2 Å². The lowest BCUT2D eigenvalue weighted by Gasteiger charge is -2.10. The molecule has 2 aromatic rings. The second-order valence-corrected chi connectivity index (χ2v) is 4.65. The first-order chi connectivity index (χ1) is 10.2. The Morgan fingerprint density at radius 3 is 2.36 bits per heavy atom. The van der Waals surface area contributed by atoms with Gasteiger partial charge in [0.2, 0.25) is 5.96 Å². The molecule has 2 rings (SSSR count). The van der Waals surface area contributed by atoms with Gasteiger partial charge in [-0.3, -0.25) is 0 Å². The molecule has 8 heteroatoms. The normalized spacial score (nSPS) is 12.3. The molecule has 0 saturated heterocycles. The van der Waals surface area contributed by atoms with Crippen LogP contribution < -0.4 is 11.1 Å². The zero-order valence-corrected chi connectivity index (χ0v) is 11.9. The van der Waals surface area contributed by atoms with Crippen molar-refractivity contribution >= 4 is 17.6 Å². The molecule has 0 aliphatic rings. The number of rotatable bonds is 2. The van der Waals surface area contributed by atoms with Crippen molar-refractivity contribution in [2.24, 2.45) is 10.7 Å². The summed E-state index contributed by atoms with van der Waals surface area (Å²) in [5.41, 5.74) is 6.53. The van der Waals surface area contributed by atoms with Crippen molar-refractivity contribution in [3.8, 4) is 0 Å². The molecule has 0 aliphatic carbocycles. The van der Waals surface area contributed by atoms with Gasteiger partial charge < -0.3 is 11.1 Å². The number of hydrogen-bond donors (Lipinski definition) is 2. The first-order valence-corrected chi connectivity index (χ1v) is 6.35. The Bertz CT molecular complexity index is 690. The number of aryl methyl sites for hydroxylation is 2. The Morgan fingerprint density at radius 2 is 1.77 bits per heavy atom. The zero-order valence-electron chi connectivity index (χ0n) is 11.9. The summed E-state index contributed by atoms with van der Waals surface area (Å²) in [6.45, 7) is 3.56. The van der Waals surface area contributed by atoms with Gasteiger partial charge in [-0.15, -0.1) is 0 Å². The molecule has 1 heterocycles. The van der Waals surface area contributed by atoms with Crippen LogP contribution in [0.2, 0.25) is 0 Å². The number of nitrogens with two attached hydrogens (primary N) is 1. The van der Waals surface area contributed by atoms with Crippen molar-refractivity contribution in [1.82, 2.24) is 9.97 Å². The van der Waals surface area contributed by atoms with Gasteiger partial charge in [0.25, 0.3) is 5.95 Å². The average molecular weight is 309 g/mol. The van der Waals surface area contributed by atoms with Crippen LogP contribution in [0.15, 0.2) is 35.3 Å². The van der Waals surface area contributed by atoms with E-state index < -0.39 is 11.7 Å². The number of nitrogens with one attached hydrogen (secondary N) is 1. The van der Waals surface area contributed by atoms with E-state index in [2.05, 4.69) is 20.3 Å². The number of hydrogen-bond acceptors (Lipinski definition) is 3. The second-order valence-electron chi connectivity index (χ2n) is 4.65. The average Bonchev–Trinajstić information content (AvgIpc) is 2.36. The van der Waals surface area contributed by atoms with Gasteiger partial charge >= 0.3 is 6.18 Å². The monoisotopic (exact) mass is 309 g/mol. The van der Waals surface area contributed by atoms with Gasteiger partial charge in [0.15, 0.2) is 0 Å². The maximum Gasteiger partial charge on any atom is 0.416 e. The number of aromatic nitrogens is 2. The number of anilines is 1. The van der Waals surface area contributed by atoms with Crippen LogP contribution in [-0.4, -0.2) is 15.9 Å². The van der Waals surface area contributed by atoms with Crippen LogP contribution in [-0.2, 0) is 6.18 Å². The summed E-state index contributed by atoms with van der Waals surface area (Å²) in [5, 5.41) is 2.59. The molecule has 0 saturated carbocycles. The quantitative estimate of drug-likeness (QED) is 0.660. The fourth-order valence-electron chi connectivity index (χ4n) is 1.81. The Labute approximate surface area is 125 Å². The van der Waals surface area contributed by atoms with Gasteiger partial charge in [0, 0.05) is 17.1 Å². The number of alkyl halides is 3. The third-order valence-corrected chi connectivity index (χ3v) is 2.65. The number of halogens is 3. The summed E-state index contributed by atoms with van der Waals surface area (Å²) in [6, 6.07) is 6.44. The van der Waals surface area contributed by atoms with E-state index >= 15 is 0 Å². The topological polar surface area (TPSA) is 76.2 Å². The van der Waals surface area contributed by atoms with Gasteiger partial charge in [0.1, 0.15) is 0 Å². The largest absolute Gasteiger partial charge is 0.416 e. The lowest BCUT2D eigenvalue weighted by Crippen LogP contribution is -2.22. The Balaban J connectivity index is 2.21. The molecular formula is C14H14F3N5. The SMILES string of the molecule is Cc1cc(C)nc(/N=C(\N)Nc2cccc(C(F)(F)F)c2)n1. The predicted octanol–water partition coefficient (Wildman–Crippen LogP) is 3.17. The number of guanidine groups is 1. The molecule has 0 atom stereocenters. The second kappa shape index (κ2) is 6.00. The third kappa shape index (κ3) is 4.18. The summed E-state index contributed by atoms with van der Waals surface area (Å²) in [5.74, 6) is 0.0544. The van der Waals surface area contributed by atoms with E-state index in [1.54, 1.807) is 19.9 Å². The van der Waals surface area contributed by atoms with Crippen LogP contribution in [0.1, 0.15) is 17.0 Å². The smallest absolute Gasteiger partial charge is 0.369 e. The molecule has 0 bridgehead atoms. The van der Waals surface area contributed by atoms with Crippen LogP contribution >= 0.6 is 0 Å². The minimum atomic E-state index is -4.42. The van der Waals surface area contributed by atoms with Crippen molar-refractivity contribution in [2.75, 3.05) is 5.32 Å². The Kier molecular flexibility index (Phi) is 4.30. The molecule has 0 spiro atoms. The molecule has 1 aromatic heterocycles. The highest BCUT2D eigenvalue weighted by molar-refractivity contribution is 5.93. The van der Waals surface area contributed by atoms with E-state index in [0.717, 1.165) is 23.5 Å². The predicted molar refractivity (Wildman–Crippen MR) is 77.9 cm³/mol. The van der Waals surface area contributed by atoms with E-state index in [9.17, 15) is 13.2 Å². The summed E-state index contributed by atoms with van der Waals surface area (Å²) in [7, 11) is 0. The summed E-state index contributed by atoms with van der Waals surface area (Å²) >= 11 is 0. The summed E-state index contributed by atoms with van der Waals surface area (Å²) in [4.78, 5) is 12.1. The molecule has 0 amide bonds. The molecule has 0 aliphatic heterocycles. The van der Waals surface area contributed by atoms with Crippen molar-refractivity contribution in [1.29, 1.82) is 0 Å². The van der Waals surface area contributed by atoms with Crippen LogP contribution in [0.5, 0.6) is 0 Å². The van der Waals surface area contributed by atoms with Crippen molar-refractivity contribution < 1.29 is 13.2 Å². The highest BCUT2D eigenvalue weighted by Crippen LogP contribution is 2.30. The minimum Gasteiger partial charge on any atom is -0.369 e. The molecule has 0 radical (unpaired) electrons. The number of aliphatic imine (C=N–C) groups is 1. The molecule has 22 heavy (non-hydrogen) atoms. The minimum absolute atomic E-state index is 0.0932. The molecule has 0 unspecified atom stereocenters. The lowest BCUT2D eigenvalue weighted by molar-refractivity contribution is -0.137. The zero-order chi connectivity index (χ0) is 16.3. The van der Waals surface area contributed by atoms with Crippen LogP contribution in [0, 0.1) is 13.8 Å². The van der Waals surface area contributed by atoms with Gasteiger partial charge in [-0.1, -0.05) is 6.07 Å². The van der Waals surface area contributed by atoms with Crippen LogP contribution in [0.3, 0.4) is 0 Å². The highest BCUT2D eigenvalue weighted by atomic mass is 19.4. The fraction of sp³-hybridized carbons (Fsp3) is 0.214. The number of nitrogens with zero attached hydrogens (tertiary/aromatic N) is 3. The summed E-state index contributed by atoms with van der Waals surface area (Å²) < 4.78 is 37.9. The van der Waals surface area contributed by atoms with E-state index in [4.69, 9.17) is 5.73 Å².